The molecule has 2 aromatic carbocycles. The summed E-state index contributed by atoms with van der Waals surface area (Å²) >= 11 is 0. The second kappa shape index (κ2) is 6.69. The second-order valence-electron chi connectivity index (χ2n) is 5.40. The summed E-state index contributed by atoms with van der Waals surface area (Å²) in [4.78, 5) is 2.50. The third-order valence-corrected chi connectivity index (χ3v) is 3.92. The molecule has 0 radical (unpaired) electrons. The van der Waals surface area contributed by atoms with E-state index in [0.29, 0.717) is 6.04 Å². The van der Waals surface area contributed by atoms with E-state index in [2.05, 4.69) is 59.5 Å². The lowest BCUT2D eigenvalue weighted by atomic mass is 10.0. The summed E-state index contributed by atoms with van der Waals surface area (Å²) in [6.07, 6.45) is 1.25. The Hall–Kier alpha value is -1.64. The molecule has 0 amide bonds. The maximum atomic E-state index is 5.85. The maximum absolute atomic E-state index is 5.85. The molecule has 3 rings (SSSR count). The highest BCUT2D eigenvalue weighted by atomic mass is 16.5. The van der Waals surface area contributed by atoms with Gasteiger partial charge in [0, 0.05) is 19.1 Å². The molecule has 1 aliphatic rings. The third kappa shape index (κ3) is 3.47. The molecule has 2 nitrogen and oxygen atoms in total. The van der Waals surface area contributed by atoms with Crippen LogP contribution in [0.2, 0.25) is 0 Å². The van der Waals surface area contributed by atoms with Crippen molar-refractivity contribution in [2.24, 2.45) is 0 Å². The molecule has 0 N–H and O–H groups in total. The summed E-state index contributed by atoms with van der Waals surface area (Å²) in [5, 5.41) is 0. The highest BCUT2D eigenvalue weighted by Crippen LogP contribution is 2.21. The Bertz CT molecular complexity index is 511. The molecule has 0 aromatic heterocycles. The van der Waals surface area contributed by atoms with E-state index < -0.39 is 0 Å². The van der Waals surface area contributed by atoms with Crippen LogP contribution >= 0.6 is 0 Å². The van der Waals surface area contributed by atoms with Crippen molar-refractivity contribution in [2.45, 2.75) is 25.6 Å². The van der Waals surface area contributed by atoms with E-state index in [1.807, 2.05) is 6.07 Å². The van der Waals surface area contributed by atoms with Crippen LogP contribution in [0.15, 0.2) is 60.7 Å². The molecule has 2 aromatic rings. The highest BCUT2D eigenvalue weighted by molar-refractivity contribution is 5.15. The van der Waals surface area contributed by atoms with Crippen molar-refractivity contribution < 1.29 is 4.74 Å². The number of rotatable bonds is 6. The van der Waals surface area contributed by atoms with Crippen LogP contribution in [-0.2, 0) is 17.9 Å². The van der Waals surface area contributed by atoms with E-state index in [1.165, 1.54) is 24.1 Å². The molecule has 104 valence electrons. The largest absolute Gasteiger partial charge is 0.375 e. The summed E-state index contributed by atoms with van der Waals surface area (Å²) in [6, 6.07) is 21.6. The summed E-state index contributed by atoms with van der Waals surface area (Å²) in [5.74, 6) is 0. The smallest absolute Gasteiger partial charge is 0.0717 e. The van der Waals surface area contributed by atoms with Crippen LogP contribution in [0.3, 0.4) is 0 Å². The van der Waals surface area contributed by atoms with Gasteiger partial charge in [0.15, 0.2) is 0 Å². The van der Waals surface area contributed by atoms with Gasteiger partial charge in [0.05, 0.1) is 13.2 Å². The van der Waals surface area contributed by atoms with Gasteiger partial charge in [-0.1, -0.05) is 60.7 Å². The first-order chi connectivity index (χ1) is 9.92. The fourth-order valence-corrected chi connectivity index (χ4v) is 2.60. The fourth-order valence-electron chi connectivity index (χ4n) is 2.60. The quantitative estimate of drug-likeness (QED) is 0.794. The predicted molar refractivity (Wildman–Crippen MR) is 81.4 cm³/mol. The van der Waals surface area contributed by atoms with Crippen LogP contribution in [0.25, 0.3) is 0 Å². The van der Waals surface area contributed by atoms with E-state index in [0.717, 1.165) is 19.8 Å². The van der Waals surface area contributed by atoms with Gasteiger partial charge in [-0.25, -0.2) is 0 Å². The Balaban J connectivity index is 1.42. The van der Waals surface area contributed by atoms with Gasteiger partial charge in [-0.2, -0.15) is 0 Å². The molecular formula is C18H21NO. The van der Waals surface area contributed by atoms with Crippen LogP contribution in [0.5, 0.6) is 0 Å². The predicted octanol–water partition coefficient (Wildman–Crippen LogP) is 3.48. The van der Waals surface area contributed by atoms with Crippen molar-refractivity contribution in [1.82, 2.24) is 4.90 Å². The zero-order valence-corrected chi connectivity index (χ0v) is 11.7. The molecule has 2 heteroatoms. The van der Waals surface area contributed by atoms with Crippen LogP contribution in [0.1, 0.15) is 17.5 Å². The lowest BCUT2D eigenvalue weighted by molar-refractivity contribution is -0.00554. The van der Waals surface area contributed by atoms with Crippen molar-refractivity contribution in [1.29, 1.82) is 0 Å². The lowest BCUT2D eigenvalue weighted by Gasteiger charge is -2.40. The summed E-state index contributed by atoms with van der Waals surface area (Å²) in [7, 11) is 0. The minimum absolute atomic E-state index is 0.582. The Morgan fingerprint density at radius 3 is 2.15 bits per heavy atom. The second-order valence-corrected chi connectivity index (χ2v) is 5.40. The minimum Gasteiger partial charge on any atom is -0.375 e. The zero-order valence-electron chi connectivity index (χ0n) is 11.7. The molecule has 1 aliphatic heterocycles. The van der Waals surface area contributed by atoms with Gasteiger partial charge in [-0.05, 0) is 17.5 Å². The topological polar surface area (TPSA) is 12.5 Å². The molecule has 0 spiro atoms. The normalized spacial score (nSPS) is 18.7. The molecule has 0 aliphatic carbocycles. The Morgan fingerprint density at radius 2 is 1.55 bits per heavy atom. The average Bonchev–Trinajstić information content (AvgIpc) is 2.50. The van der Waals surface area contributed by atoms with Crippen LogP contribution in [0.4, 0.5) is 0 Å². The number of likely N-dealkylation sites (tertiary alicyclic amines) is 1. The van der Waals surface area contributed by atoms with Gasteiger partial charge in [0.1, 0.15) is 0 Å². The Kier molecular flexibility index (Phi) is 4.46. The standard InChI is InChI=1S/C18H21NO/c1-3-7-16(8-4-1)13-19-12-11-18(19)15-20-14-17-9-5-2-6-10-17/h1-10,18H,11-15H2. The first-order valence-electron chi connectivity index (χ1n) is 7.31. The van der Waals surface area contributed by atoms with E-state index in [-0.39, 0.29) is 0 Å². The monoisotopic (exact) mass is 267 g/mol. The molecule has 1 atom stereocenters. The van der Waals surface area contributed by atoms with Gasteiger partial charge in [-0.3, -0.25) is 4.90 Å². The number of ether oxygens (including phenoxy) is 1. The molecule has 1 saturated heterocycles. The highest BCUT2D eigenvalue weighted by Gasteiger charge is 2.27. The molecule has 0 saturated carbocycles. The molecule has 1 heterocycles. The van der Waals surface area contributed by atoms with Crippen LogP contribution in [0, 0.1) is 0 Å². The van der Waals surface area contributed by atoms with Crippen molar-refractivity contribution in [2.75, 3.05) is 13.2 Å². The maximum Gasteiger partial charge on any atom is 0.0717 e. The van der Waals surface area contributed by atoms with Crippen molar-refractivity contribution in [3.8, 4) is 0 Å². The number of benzene rings is 2. The van der Waals surface area contributed by atoms with E-state index in [1.54, 1.807) is 0 Å². The fraction of sp³-hybridized carbons (Fsp3) is 0.333. The van der Waals surface area contributed by atoms with E-state index in [9.17, 15) is 0 Å². The van der Waals surface area contributed by atoms with Gasteiger partial charge < -0.3 is 4.74 Å². The van der Waals surface area contributed by atoms with Crippen molar-refractivity contribution >= 4 is 0 Å². The summed E-state index contributed by atoms with van der Waals surface area (Å²) in [6.45, 7) is 3.78. The minimum atomic E-state index is 0.582. The first kappa shape index (κ1) is 13.3. The molecule has 0 bridgehead atoms. The molecular weight excluding hydrogens is 246 g/mol. The summed E-state index contributed by atoms with van der Waals surface area (Å²) < 4.78 is 5.85. The van der Waals surface area contributed by atoms with Crippen molar-refractivity contribution in [3.63, 3.8) is 0 Å². The molecule has 1 fully saturated rings. The first-order valence-corrected chi connectivity index (χ1v) is 7.31. The van der Waals surface area contributed by atoms with Crippen molar-refractivity contribution in [3.05, 3.63) is 71.8 Å². The van der Waals surface area contributed by atoms with Gasteiger partial charge in [0.2, 0.25) is 0 Å². The van der Waals surface area contributed by atoms with Crippen LogP contribution in [-0.4, -0.2) is 24.1 Å². The Labute approximate surface area is 121 Å². The summed E-state index contributed by atoms with van der Waals surface area (Å²) in [5.41, 5.74) is 2.64. The van der Waals surface area contributed by atoms with E-state index >= 15 is 0 Å². The van der Waals surface area contributed by atoms with Gasteiger partial charge >= 0.3 is 0 Å². The number of hydrogen-bond acceptors (Lipinski definition) is 2. The Morgan fingerprint density at radius 1 is 0.900 bits per heavy atom. The number of hydrogen-bond donors (Lipinski definition) is 0. The van der Waals surface area contributed by atoms with Gasteiger partial charge in [-0.15, -0.1) is 0 Å². The van der Waals surface area contributed by atoms with Gasteiger partial charge in [0.25, 0.3) is 0 Å². The molecule has 20 heavy (non-hydrogen) atoms. The third-order valence-electron chi connectivity index (χ3n) is 3.92. The number of nitrogens with zero attached hydrogens (tertiary/aromatic N) is 1. The van der Waals surface area contributed by atoms with Crippen LogP contribution < -0.4 is 0 Å². The molecule has 1 unspecified atom stereocenters. The average molecular weight is 267 g/mol. The SMILES string of the molecule is c1ccc(COCC2CCN2Cc2ccccc2)cc1. The van der Waals surface area contributed by atoms with E-state index in [4.69, 9.17) is 4.74 Å². The lowest BCUT2D eigenvalue weighted by Crippen LogP contribution is -2.49. The zero-order chi connectivity index (χ0) is 13.6.